The molecule has 2 aromatic carbocycles. The number of nitrogens with zero attached hydrogens (tertiary/aromatic N) is 6. The summed E-state index contributed by atoms with van der Waals surface area (Å²) in [7, 11) is 3.50. The zero-order valence-electron chi connectivity index (χ0n) is 35.9. The molecule has 2 aliphatic rings. The molecule has 2 saturated carbocycles. The van der Waals surface area contributed by atoms with Crippen LogP contribution in [0.25, 0.3) is 44.8 Å². The van der Waals surface area contributed by atoms with E-state index in [2.05, 4.69) is 34.0 Å². The molecule has 0 bridgehead atoms. The molecule has 0 radical (unpaired) electrons. The van der Waals surface area contributed by atoms with Crippen molar-refractivity contribution in [3.63, 3.8) is 0 Å². The molecule has 0 saturated heterocycles. The first-order valence-corrected chi connectivity index (χ1v) is 21.3. The molecule has 18 nitrogen and oxygen atoms in total. The van der Waals surface area contributed by atoms with E-state index in [0.29, 0.717) is 88.8 Å². The predicted molar refractivity (Wildman–Crippen MR) is 230 cm³/mol. The molecule has 2 aliphatic carbocycles. The zero-order valence-corrected chi connectivity index (χ0v) is 35.9. The van der Waals surface area contributed by atoms with Crippen LogP contribution in [-0.4, -0.2) is 74.9 Å². The lowest BCUT2D eigenvalue weighted by molar-refractivity contribution is -0.136. The third kappa shape index (κ3) is 8.83. The monoisotopic (exact) mass is 850 g/mol. The summed E-state index contributed by atoms with van der Waals surface area (Å²) in [5, 5.41) is 26.6. The van der Waals surface area contributed by atoms with E-state index in [1.807, 2.05) is 50.2 Å². The number of hydroxylamine groups is 2. The van der Waals surface area contributed by atoms with Gasteiger partial charge in [-0.3, -0.25) is 39.0 Å². The molecule has 6 N–H and O–H groups in total. The minimum Gasteiger partial charge on any atom is -0.493 e. The normalized spacial score (nSPS) is 17.9. The van der Waals surface area contributed by atoms with Gasteiger partial charge in [0.05, 0.1) is 35.7 Å². The van der Waals surface area contributed by atoms with Crippen molar-refractivity contribution in [2.75, 3.05) is 13.2 Å². The van der Waals surface area contributed by atoms with Crippen LogP contribution in [0, 0.1) is 17.8 Å². The van der Waals surface area contributed by atoms with E-state index in [4.69, 9.17) is 29.9 Å². The van der Waals surface area contributed by atoms with E-state index < -0.39 is 0 Å². The van der Waals surface area contributed by atoms with E-state index >= 15 is 0 Å². The summed E-state index contributed by atoms with van der Waals surface area (Å²) in [5.41, 5.74) is 10.2. The van der Waals surface area contributed by atoms with Crippen LogP contribution in [0.4, 0.5) is 0 Å². The van der Waals surface area contributed by atoms with Crippen molar-refractivity contribution in [3.05, 3.63) is 79.6 Å². The number of nitrogens with one attached hydrogen (secondary N) is 4. The summed E-state index contributed by atoms with van der Waals surface area (Å²) >= 11 is 0. The Labute approximate surface area is 357 Å². The Morgan fingerprint density at radius 1 is 0.742 bits per heavy atom. The van der Waals surface area contributed by atoms with Gasteiger partial charge in [0.2, 0.25) is 11.8 Å². The highest BCUT2D eigenvalue weighted by Crippen LogP contribution is 2.44. The van der Waals surface area contributed by atoms with Crippen molar-refractivity contribution in [3.8, 4) is 34.3 Å². The van der Waals surface area contributed by atoms with Gasteiger partial charge in [0.25, 0.3) is 11.1 Å². The molecule has 18 heteroatoms. The van der Waals surface area contributed by atoms with Gasteiger partial charge in [-0.25, -0.2) is 20.9 Å². The van der Waals surface area contributed by atoms with Gasteiger partial charge in [-0.2, -0.15) is 10.2 Å². The minimum atomic E-state index is -0.348. The number of rotatable bonds is 15. The average molecular weight is 851 g/mol. The summed E-state index contributed by atoms with van der Waals surface area (Å²) < 4.78 is 14.8. The first kappa shape index (κ1) is 43.7. The van der Waals surface area contributed by atoms with Gasteiger partial charge in [0.15, 0.2) is 11.0 Å². The number of H-pyrrole nitrogens is 2. The number of aromatic nitrogens is 8. The van der Waals surface area contributed by atoms with Crippen molar-refractivity contribution in [1.82, 2.24) is 50.5 Å². The number of aromatic amines is 2. The fourth-order valence-electron chi connectivity index (χ4n) is 8.37. The molecule has 4 heterocycles. The number of amides is 2. The molecule has 0 spiro atoms. The smallest absolute Gasteiger partial charge is 0.277 e. The summed E-state index contributed by atoms with van der Waals surface area (Å²) in [6, 6.07) is 11.6. The lowest BCUT2D eigenvalue weighted by Crippen LogP contribution is -2.36. The Hall–Kier alpha value is -6.40. The number of fused-ring (bicyclic) bond motifs is 2. The maximum absolute atomic E-state index is 12.9. The van der Waals surface area contributed by atoms with E-state index in [1.54, 1.807) is 34.4 Å². The third-order valence-electron chi connectivity index (χ3n) is 11.6. The second kappa shape index (κ2) is 18.7. The fraction of sp³-hybridized carbons (Fsp3) is 0.455. The lowest BCUT2D eigenvalue weighted by atomic mass is 9.71. The van der Waals surface area contributed by atoms with Crippen LogP contribution in [0.3, 0.4) is 0 Å². The molecule has 2 fully saturated rings. The highest BCUT2D eigenvalue weighted by molar-refractivity contribution is 5.82. The number of hydrogen-bond acceptors (Lipinski definition) is 12. The van der Waals surface area contributed by atoms with Gasteiger partial charge in [-0.05, 0) is 99.6 Å². The minimum absolute atomic E-state index is 0.165. The van der Waals surface area contributed by atoms with E-state index in [0.717, 1.165) is 54.6 Å². The van der Waals surface area contributed by atoms with Crippen LogP contribution in [0.2, 0.25) is 0 Å². The first-order valence-electron chi connectivity index (χ1n) is 21.3. The summed E-state index contributed by atoms with van der Waals surface area (Å²) in [6.07, 6.45) is 6.03. The number of benzene rings is 2. The van der Waals surface area contributed by atoms with Crippen molar-refractivity contribution >= 4 is 33.9 Å². The molecule has 2 unspecified atom stereocenters. The SMILES string of the molecule is CCCc1nn(C)c2c(=O)[nH]c(-c3cc(C4CC(C(=O)NO)C4)ccc3OCC)nc12.CCCc1nn(C)c2c(=O)[nH]c(-c3cc(CC4CC4C(=O)NO)ccc3OCC)nc12. The van der Waals surface area contributed by atoms with Gasteiger partial charge in [-0.15, -0.1) is 0 Å². The number of carbonyl (C=O) groups excluding carboxylic acids is 2. The van der Waals surface area contributed by atoms with E-state index in [9.17, 15) is 19.2 Å². The van der Waals surface area contributed by atoms with Crippen molar-refractivity contribution < 1.29 is 29.5 Å². The number of carbonyl (C=O) groups is 2. The van der Waals surface area contributed by atoms with E-state index in [1.165, 1.54) is 0 Å². The molecule has 8 rings (SSSR count). The number of aryl methyl sites for hydroxylation is 4. The Bertz CT molecular complexity index is 2720. The summed E-state index contributed by atoms with van der Waals surface area (Å²) in [5.74, 6) is 1.49. The second-order valence-corrected chi connectivity index (χ2v) is 15.9. The van der Waals surface area contributed by atoms with Crippen LogP contribution in [0.5, 0.6) is 11.5 Å². The van der Waals surface area contributed by atoms with Gasteiger partial charge in [0.1, 0.15) is 34.2 Å². The van der Waals surface area contributed by atoms with Crippen LogP contribution < -0.4 is 31.6 Å². The molecule has 2 atom stereocenters. The standard InChI is InChI=1S/2C22H27N5O4/c1-4-6-16-18-19(27(3)25-16)22(29)24-20(23-18)15-11-12(7-8-17(15)31-5-2)13-9-14(10-13)21(28)26-30;1-4-6-16-18-19(27(3)25-16)22(29)24-20(23-18)15-10-12(7-8-17(15)31-5-2)9-13-11-14(13)21(28)26-30/h7-8,11,13-14,30H,4-6,9-10H2,1-3H3,(H,26,28)(H,23,24,29);7-8,10,13-14,30H,4-6,9,11H2,1-3H3,(H,26,28)(H,23,24,29). The van der Waals surface area contributed by atoms with Crippen LogP contribution >= 0.6 is 0 Å². The Morgan fingerprint density at radius 3 is 1.76 bits per heavy atom. The second-order valence-electron chi connectivity index (χ2n) is 15.9. The van der Waals surface area contributed by atoms with E-state index in [-0.39, 0.29) is 46.6 Å². The Morgan fingerprint density at radius 2 is 1.26 bits per heavy atom. The predicted octanol–water partition coefficient (Wildman–Crippen LogP) is 5.03. The van der Waals surface area contributed by atoms with Gasteiger partial charge in [0, 0.05) is 25.9 Å². The quantitative estimate of drug-likeness (QED) is 0.0589. The first-order chi connectivity index (χ1) is 29.9. The molecule has 328 valence electrons. The van der Waals surface area contributed by atoms with Crippen molar-refractivity contribution in [2.24, 2.45) is 31.8 Å². The van der Waals surface area contributed by atoms with Gasteiger partial charge in [-0.1, -0.05) is 38.8 Å². The number of ether oxygens (including phenoxy) is 2. The average Bonchev–Trinajstić information content (AvgIpc) is 3.83. The maximum Gasteiger partial charge on any atom is 0.277 e. The lowest BCUT2D eigenvalue weighted by Gasteiger charge is -2.34. The van der Waals surface area contributed by atoms with Crippen LogP contribution in [0.1, 0.15) is 88.2 Å². The largest absolute Gasteiger partial charge is 0.493 e. The highest BCUT2D eigenvalue weighted by Gasteiger charge is 2.42. The van der Waals surface area contributed by atoms with Gasteiger partial charge < -0.3 is 19.4 Å². The van der Waals surface area contributed by atoms with Crippen molar-refractivity contribution in [2.45, 2.75) is 85.0 Å². The topological polar surface area (TPSA) is 244 Å². The zero-order chi connectivity index (χ0) is 44.2. The Balaban J connectivity index is 0.000000186. The van der Waals surface area contributed by atoms with Crippen LogP contribution in [0.15, 0.2) is 46.0 Å². The Kier molecular flexibility index (Phi) is 13.2. The summed E-state index contributed by atoms with van der Waals surface area (Å²) in [6.45, 7) is 8.90. The maximum atomic E-state index is 12.9. The number of hydrogen-bond donors (Lipinski definition) is 6. The summed E-state index contributed by atoms with van der Waals surface area (Å²) in [4.78, 5) is 64.2. The molecule has 62 heavy (non-hydrogen) atoms. The molecule has 0 aliphatic heterocycles. The van der Waals surface area contributed by atoms with Gasteiger partial charge >= 0.3 is 0 Å². The molecular weight excluding hydrogens is 797 g/mol. The van der Waals surface area contributed by atoms with Crippen LogP contribution in [-0.2, 0) is 42.9 Å². The highest BCUT2D eigenvalue weighted by atomic mass is 16.5. The third-order valence-corrected chi connectivity index (χ3v) is 11.6. The molecular formula is C44H54N10O8. The van der Waals surface area contributed by atoms with Crippen molar-refractivity contribution in [1.29, 1.82) is 0 Å². The molecule has 4 aromatic heterocycles. The fourth-order valence-corrected chi connectivity index (χ4v) is 8.37. The molecule has 6 aromatic rings. The molecule has 2 amide bonds.